The largest absolute Gasteiger partial charge is 0.274 e. The Balaban J connectivity index is 2.33. The van der Waals surface area contributed by atoms with E-state index in [1.54, 1.807) is 0 Å². The summed E-state index contributed by atoms with van der Waals surface area (Å²) in [5, 5.41) is 0. The summed E-state index contributed by atoms with van der Waals surface area (Å²) in [6, 6.07) is 3.70. The van der Waals surface area contributed by atoms with E-state index in [1.807, 2.05) is 6.92 Å². The second kappa shape index (κ2) is 5.81. The van der Waals surface area contributed by atoms with Crippen LogP contribution in [-0.4, -0.2) is 25.2 Å². The average molecular weight is 364 g/mol. The number of halogens is 2. The van der Waals surface area contributed by atoms with Gasteiger partial charge in [-0.05, 0) is 30.5 Å². The highest BCUT2D eigenvalue weighted by Crippen LogP contribution is 2.29. The highest BCUT2D eigenvalue weighted by atomic mass is 79.9. The third kappa shape index (κ3) is 2.88. The van der Waals surface area contributed by atoms with Crippen LogP contribution in [0, 0.1) is 11.7 Å². The number of amides is 1. The van der Waals surface area contributed by atoms with Crippen LogP contribution in [0.2, 0.25) is 0 Å². The van der Waals surface area contributed by atoms with Crippen LogP contribution >= 0.6 is 15.9 Å². The van der Waals surface area contributed by atoms with Gasteiger partial charge >= 0.3 is 0 Å². The van der Waals surface area contributed by atoms with Crippen molar-refractivity contribution in [1.82, 2.24) is 4.31 Å². The quantitative estimate of drug-likeness (QED) is 0.826. The lowest BCUT2D eigenvalue weighted by Crippen LogP contribution is -2.33. The van der Waals surface area contributed by atoms with Gasteiger partial charge in [0.15, 0.2) is 0 Å². The third-order valence-corrected chi connectivity index (χ3v) is 5.64. The Morgan fingerprint density at radius 3 is 2.75 bits per heavy atom. The molecule has 2 rings (SSSR count). The normalized spacial score (nSPS) is 19.6. The standard InChI is InChI=1S/C13H15BrFNO3S/c1-2-3-9-6-13(17)16(8-9)20(18,19)12-5-4-10(14)7-11(12)15/h4-5,7,9H,2-3,6,8H2,1H3. The van der Waals surface area contributed by atoms with Crippen LogP contribution in [0.3, 0.4) is 0 Å². The first-order chi connectivity index (χ1) is 9.36. The maximum atomic E-state index is 13.8. The highest BCUT2D eigenvalue weighted by Gasteiger charge is 2.38. The second-order valence-electron chi connectivity index (χ2n) is 4.86. The van der Waals surface area contributed by atoms with Gasteiger partial charge in [0.05, 0.1) is 0 Å². The SMILES string of the molecule is CCCC1CC(=O)N(S(=O)(=O)c2ccc(Br)cc2F)C1. The van der Waals surface area contributed by atoms with Gasteiger partial charge in [-0.3, -0.25) is 4.79 Å². The fourth-order valence-electron chi connectivity index (χ4n) is 2.39. The molecule has 1 aromatic rings. The first-order valence-electron chi connectivity index (χ1n) is 6.37. The number of hydrogen-bond donors (Lipinski definition) is 0. The van der Waals surface area contributed by atoms with Gasteiger partial charge in [0.1, 0.15) is 10.7 Å². The van der Waals surface area contributed by atoms with E-state index in [4.69, 9.17) is 0 Å². The molecule has 4 nitrogen and oxygen atoms in total. The topological polar surface area (TPSA) is 54.5 Å². The summed E-state index contributed by atoms with van der Waals surface area (Å²) >= 11 is 3.07. The van der Waals surface area contributed by atoms with E-state index in [1.165, 1.54) is 12.1 Å². The van der Waals surface area contributed by atoms with Crippen LogP contribution in [0.25, 0.3) is 0 Å². The lowest BCUT2D eigenvalue weighted by Gasteiger charge is -2.17. The molecule has 1 amide bonds. The van der Waals surface area contributed by atoms with E-state index in [-0.39, 0.29) is 18.9 Å². The molecule has 1 aliphatic heterocycles. The van der Waals surface area contributed by atoms with Gasteiger partial charge < -0.3 is 0 Å². The second-order valence-corrected chi connectivity index (χ2v) is 7.61. The maximum Gasteiger partial charge on any atom is 0.269 e. The van der Waals surface area contributed by atoms with Crippen molar-refractivity contribution in [3.63, 3.8) is 0 Å². The minimum atomic E-state index is -4.10. The summed E-state index contributed by atoms with van der Waals surface area (Å²) in [4.78, 5) is 11.4. The summed E-state index contributed by atoms with van der Waals surface area (Å²) in [7, 11) is -4.10. The number of nitrogens with zero attached hydrogens (tertiary/aromatic N) is 1. The predicted molar refractivity (Wildman–Crippen MR) is 76.0 cm³/mol. The van der Waals surface area contributed by atoms with Crippen molar-refractivity contribution in [2.24, 2.45) is 5.92 Å². The molecule has 1 saturated heterocycles. The molecule has 1 aromatic carbocycles. The predicted octanol–water partition coefficient (Wildman–Crippen LogP) is 2.93. The molecule has 1 fully saturated rings. The van der Waals surface area contributed by atoms with Gasteiger partial charge in [-0.25, -0.2) is 17.1 Å². The molecule has 7 heteroatoms. The Morgan fingerprint density at radius 2 is 2.15 bits per heavy atom. The Morgan fingerprint density at radius 1 is 1.45 bits per heavy atom. The maximum absolute atomic E-state index is 13.8. The smallest absolute Gasteiger partial charge is 0.269 e. The number of carbonyl (C=O) groups excluding carboxylic acids is 1. The third-order valence-electron chi connectivity index (χ3n) is 3.32. The van der Waals surface area contributed by atoms with Gasteiger partial charge in [0.25, 0.3) is 10.0 Å². The lowest BCUT2D eigenvalue weighted by molar-refractivity contribution is -0.123. The molecule has 0 N–H and O–H groups in total. The van der Waals surface area contributed by atoms with Crippen molar-refractivity contribution in [2.45, 2.75) is 31.1 Å². The fraction of sp³-hybridized carbons (Fsp3) is 0.462. The van der Waals surface area contributed by atoms with Crippen molar-refractivity contribution in [2.75, 3.05) is 6.54 Å². The monoisotopic (exact) mass is 363 g/mol. The minimum Gasteiger partial charge on any atom is -0.274 e. The molecule has 1 aliphatic rings. The molecule has 110 valence electrons. The molecule has 0 spiro atoms. The van der Waals surface area contributed by atoms with Gasteiger partial charge in [-0.15, -0.1) is 0 Å². The van der Waals surface area contributed by atoms with Crippen molar-refractivity contribution >= 4 is 31.9 Å². The summed E-state index contributed by atoms with van der Waals surface area (Å²) in [5.41, 5.74) is 0. The summed E-state index contributed by atoms with van der Waals surface area (Å²) in [6.45, 7) is 2.13. The number of benzene rings is 1. The molecule has 1 unspecified atom stereocenters. The molecule has 0 aliphatic carbocycles. The Bertz CT molecular complexity index is 633. The number of sulfonamides is 1. The van der Waals surface area contributed by atoms with Gasteiger partial charge in [0.2, 0.25) is 5.91 Å². The zero-order chi connectivity index (χ0) is 14.9. The molecule has 1 heterocycles. The van der Waals surface area contributed by atoms with Gasteiger partial charge in [-0.2, -0.15) is 0 Å². The van der Waals surface area contributed by atoms with Crippen LogP contribution in [-0.2, 0) is 14.8 Å². The summed E-state index contributed by atoms with van der Waals surface area (Å²) in [5.74, 6) is -1.28. The molecule has 0 saturated carbocycles. The van der Waals surface area contributed by atoms with Crippen LogP contribution in [0.1, 0.15) is 26.2 Å². The van der Waals surface area contributed by atoms with Crippen molar-refractivity contribution < 1.29 is 17.6 Å². The van der Waals surface area contributed by atoms with Crippen molar-refractivity contribution in [1.29, 1.82) is 0 Å². The zero-order valence-electron chi connectivity index (χ0n) is 11.0. The molecule has 20 heavy (non-hydrogen) atoms. The molecule has 0 aromatic heterocycles. The van der Waals surface area contributed by atoms with E-state index >= 15 is 0 Å². The molecule has 1 atom stereocenters. The van der Waals surface area contributed by atoms with E-state index in [2.05, 4.69) is 15.9 Å². The summed E-state index contributed by atoms with van der Waals surface area (Å²) in [6.07, 6.45) is 1.89. The van der Waals surface area contributed by atoms with Gasteiger partial charge in [-0.1, -0.05) is 29.3 Å². The first kappa shape index (κ1) is 15.4. The number of rotatable bonds is 4. The van der Waals surface area contributed by atoms with Crippen LogP contribution in [0.4, 0.5) is 4.39 Å². The molecular weight excluding hydrogens is 349 g/mol. The Hall–Kier alpha value is -0.950. The van der Waals surface area contributed by atoms with Crippen molar-refractivity contribution in [3.8, 4) is 0 Å². The zero-order valence-corrected chi connectivity index (χ0v) is 13.4. The van der Waals surface area contributed by atoms with Crippen molar-refractivity contribution in [3.05, 3.63) is 28.5 Å². The van der Waals surface area contributed by atoms with Crippen LogP contribution < -0.4 is 0 Å². The highest BCUT2D eigenvalue weighted by molar-refractivity contribution is 9.10. The van der Waals surface area contributed by atoms with E-state index in [0.29, 0.717) is 4.47 Å². The fourth-order valence-corrected chi connectivity index (χ4v) is 4.25. The Labute approximate surface area is 126 Å². The first-order valence-corrected chi connectivity index (χ1v) is 8.60. The lowest BCUT2D eigenvalue weighted by atomic mass is 10.0. The minimum absolute atomic E-state index is 0.0285. The Kier molecular flexibility index (Phi) is 4.49. The average Bonchev–Trinajstić information content (AvgIpc) is 2.71. The van der Waals surface area contributed by atoms with E-state index in [0.717, 1.165) is 23.2 Å². The summed E-state index contributed by atoms with van der Waals surface area (Å²) < 4.78 is 39.8. The van der Waals surface area contributed by atoms with E-state index in [9.17, 15) is 17.6 Å². The van der Waals surface area contributed by atoms with E-state index < -0.39 is 26.6 Å². The van der Waals surface area contributed by atoms with Crippen LogP contribution in [0.15, 0.2) is 27.6 Å². The molecule has 0 radical (unpaired) electrons. The number of carbonyl (C=O) groups is 1. The molecular formula is C13H15BrFNO3S. The number of hydrogen-bond acceptors (Lipinski definition) is 3. The molecule has 0 bridgehead atoms. The van der Waals surface area contributed by atoms with Crippen LogP contribution in [0.5, 0.6) is 0 Å². The van der Waals surface area contributed by atoms with Gasteiger partial charge in [0, 0.05) is 17.4 Å².